The molecule has 1 aliphatic carbocycles. The minimum atomic E-state index is -0.665. The molecule has 48 heavy (non-hydrogen) atoms. The zero-order valence-electron chi connectivity index (χ0n) is 27.3. The van der Waals surface area contributed by atoms with Crippen LogP contribution in [0.3, 0.4) is 0 Å². The molecule has 2 bridgehead atoms. The van der Waals surface area contributed by atoms with Crippen LogP contribution in [0.15, 0.2) is 53.5 Å². The lowest BCUT2D eigenvalue weighted by Gasteiger charge is -2.27. The number of allylic oxidation sites excluding steroid dienone is 2. The number of rotatable bonds is 4. The molecule has 13 heteroatoms. The largest absolute Gasteiger partial charge is 0.325 e. The molecule has 3 atom stereocenters. The van der Waals surface area contributed by atoms with Crippen LogP contribution in [0, 0.1) is 12.3 Å². The topological polar surface area (TPSA) is 139 Å². The lowest BCUT2D eigenvalue weighted by atomic mass is 9.98. The number of amides is 2. The van der Waals surface area contributed by atoms with Crippen LogP contribution in [-0.4, -0.2) is 89.3 Å². The molecule has 2 aliphatic heterocycles. The number of Topliss-reactive ketones (excluding diaryl/α,β-unsaturated/α-hetero) is 1. The molecule has 7 rings (SSSR count). The van der Waals surface area contributed by atoms with Gasteiger partial charge in [0.25, 0.3) is 0 Å². The van der Waals surface area contributed by atoms with E-state index in [4.69, 9.17) is 0 Å². The van der Waals surface area contributed by atoms with Crippen LogP contribution < -0.4 is 5.32 Å². The van der Waals surface area contributed by atoms with Crippen LogP contribution in [0.1, 0.15) is 60.9 Å². The highest BCUT2D eigenvalue weighted by Crippen LogP contribution is 2.60. The standard InChI is InChI=1S/C35H38BrN9O3/c1-21(46)32-25-13-26(24-16-37-22(2)38-17-24)39-18-28(25)44(42-32)19-31(47)45-27-14-35(15-29(35)45)20-43(3)12-8-6-4-5-7-9-23-10-11-30(36)40-33(23)41-34(27)48/h5,7,10-11,13,16-18,27,29H,4,6,8-9,12,14-15,19-20H2,1-3H3,(H,40,41,48)/b7-5+/t27-,29+,35-/m0/s1. The van der Waals surface area contributed by atoms with Gasteiger partial charge in [0.15, 0.2) is 5.78 Å². The Labute approximate surface area is 287 Å². The minimum absolute atomic E-state index is 0.0594. The van der Waals surface area contributed by atoms with Crippen molar-refractivity contribution in [2.75, 3.05) is 25.5 Å². The van der Waals surface area contributed by atoms with E-state index in [9.17, 15) is 14.4 Å². The molecule has 4 aromatic rings. The number of aromatic nitrogens is 6. The molecule has 1 saturated carbocycles. The Morgan fingerprint density at radius 3 is 2.69 bits per heavy atom. The Morgan fingerprint density at radius 1 is 1.08 bits per heavy atom. The zero-order valence-corrected chi connectivity index (χ0v) is 28.9. The zero-order chi connectivity index (χ0) is 33.6. The van der Waals surface area contributed by atoms with Crippen molar-refractivity contribution in [3.8, 4) is 11.3 Å². The van der Waals surface area contributed by atoms with E-state index in [1.165, 1.54) is 11.6 Å². The van der Waals surface area contributed by atoms with E-state index in [-0.39, 0.29) is 41.3 Å². The van der Waals surface area contributed by atoms with Gasteiger partial charge in [-0.05, 0) is 92.7 Å². The Kier molecular flexibility index (Phi) is 8.67. The van der Waals surface area contributed by atoms with Crippen molar-refractivity contribution >= 4 is 50.2 Å². The molecular formula is C35H38BrN9O3. The Bertz CT molecular complexity index is 1940. The second-order valence-corrected chi connectivity index (χ2v) is 14.1. The van der Waals surface area contributed by atoms with E-state index in [0.717, 1.165) is 44.3 Å². The van der Waals surface area contributed by atoms with Crippen LogP contribution >= 0.6 is 15.9 Å². The van der Waals surface area contributed by atoms with Crippen LogP contribution in [0.5, 0.6) is 0 Å². The number of ketones is 1. The number of nitrogens with one attached hydrogen (secondary N) is 1. The van der Waals surface area contributed by atoms with E-state index >= 15 is 0 Å². The average Bonchev–Trinajstić information content (AvgIpc) is 3.45. The number of hydrogen-bond acceptors (Lipinski definition) is 9. The monoisotopic (exact) mass is 711 g/mol. The summed E-state index contributed by atoms with van der Waals surface area (Å²) in [5, 5.41) is 8.26. The highest BCUT2D eigenvalue weighted by atomic mass is 79.9. The predicted molar refractivity (Wildman–Crippen MR) is 184 cm³/mol. The third kappa shape index (κ3) is 6.28. The number of hydrogen-bond donors (Lipinski definition) is 1. The van der Waals surface area contributed by atoms with E-state index in [1.807, 2.05) is 12.1 Å². The van der Waals surface area contributed by atoms with Crippen molar-refractivity contribution in [2.45, 2.75) is 71.0 Å². The van der Waals surface area contributed by atoms with Gasteiger partial charge in [-0.1, -0.05) is 18.2 Å². The van der Waals surface area contributed by atoms with Gasteiger partial charge in [0, 0.05) is 48.3 Å². The average molecular weight is 713 g/mol. The summed E-state index contributed by atoms with van der Waals surface area (Å²) in [5.41, 5.74) is 2.89. The predicted octanol–water partition coefficient (Wildman–Crippen LogP) is 4.77. The summed E-state index contributed by atoms with van der Waals surface area (Å²) in [4.78, 5) is 62.9. The summed E-state index contributed by atoms with van der Waals surface area (Å²) in [6, 6.07) is 4.90. The number of anilines is 1. The number of pyridine rings is 2. The molecule has 1 saturated heterocycles. The summed E-state index contributed by atoms with van der Waals surface area (Å²) in [5.74, 6) is 0.450. The Hall–Kier alpha value is -4.36. The summed E-state index contributed by atoms with van der Waals surface area (Å²) in [6.45, 7) is 4.91. The third-order valence-electron chi connectivity index (χ3n) is 9.78. The first-order chi connectivity index (χ1) is 23.1. The maximum Gasteiger partial charge on any atom is 0.248 e. The summed E-state index contributed by atoms with van der Waals surface area (Å²) >= 11 is 3.45. The number of halogens is 1. The van der Waals surface area contributed by atoms with E-state index < -0.39 is 6.04 Å². The molecule has 248 valence electrons. The van der Waals surface area contributed by atoms with Gasteiger partial charge in [-0.25, -0.2) is 15.0 Å². The van der Waals surface area contributed by atoms with Crippen molar-refractivity contribution in [1.82, 2.24) is 39.5 Å². The lowest BCUT2D eigenvalue weighted by Crippen LogP contribution is -2.47. The number of fused-ring (bicyclic) bond motifs is 3. The number of carbonyl (C=O) groups is 3. The van der Waals surface area contributed by atoms with Gasteiger partial charge >= 0.3 is 0 Å². The summed E-state index contributed by atoms with van der Waals surface area (Å²) in [7, 11) is 2.13. The number of carbonyl (C=O) groups excluding carboxylic acids is 3. The highest BCUT2D eigenvalue weighted by Gasteiger charge is 2.67. The molecular weight excluding hydrogens is 674 g/mol. The fraction of sp³-hybridized carbons (Fsp3) is 0.429. The van der Waals surface area contributed by atoms with Gasteiger partial charge in [0.2, 0.25) is 11.8 Å². The van der Waals surface area contributed by atoms with Crippen molar-refractivity contribution in [3.05, 3.63) is 70.6 Å². The van der Waals surface area contributed by atoms with Crippen molar-refractivity contribution in [2.24, 2.45) is 5.41 Å². The molecule has 0 radical (unpaired) electrons. The van der Waals surface area contributed by atoms with Crippen molar-refractivity contribution < 1.29 is 14.4 Å². The lowest BCUT2D eigenvalue weighted by molar-refractivity contribution is -0.138. The van der Waals surface area contributed by atoms with Crippen LogP contribution in [0.2, 0.25) is 0 Å². The van der Waals surface area contributed by atoms with Crippen molar-refractivity contribution in [1.29, 1.82) is 0 Å². The van der Waals surface area contributed by atoms with E-state index in [0.29, 0.717) is 51.2 Å². The van der Waals surface area contributed by atoms with Gasteiger partial charge in [0.05, 0.1) is 17.4 Å². The summed E-state index contributed by atoms with van der Waals surface area (Å²) in [6.07, 6.45) is 14.6. The molecule has 1 N–H and O–H groups in total. The highest BCUT2D eigenvalue weighted by molar-refractivity contribution is 9.10. The molecule has 0 unspecified atom stereocenters. The van der Waals surface area contributed by atoms with Gasteiger partial charge in [-0.2, -0.15) is 5.10 Å². The maximum absolute atomic E-state index is 14.3. The first-order valence-electron chi connectivity index (χ1n) is 16.4. The van der Waals surface area contributed by atoms with Gasteiger partial charge < -0.3 is 15.1 Å². The smallest absolute Gasteiger partial charge is 0.248 e. The van der Waals surface area contributed by atoms with Gasteiger partial charge in [0.1, 0.15) is 34.5 Å². The van der Waals surface area contributed by atoms with E-state index in [2.05, 4.69) is 70.4 Å². The molecule has 0 aromatic carbocycles. The number of piperidine rings is 1. The third-order valence-corrected chi connectivity index (χ3v) is 10.2. The fourth-order valence-corrected chi connectivity index (χ4v) is 7.62. The SMILES string of the molecule is CC(=O)c1nn(CC(=O)N2[C@H]3C[C@]4(C[C@@H]24)CN(C)CCCC/C=C/Cc2ccc(Br)nc2NC3=O)c2cnc(-c3cnc(C)nc3)cc12. The minimum Gasteiger partial charge on any atom is -0.325 e. The quantitative estimate of drug-likeness (QED) is 0.180. The number of nitrogens with zero attached hydrogens (tertiary/aromatic N) is 8. The first-order valence-corrected chi connectivity index (χ1v) is 17.2. The van der Waals surface area contributed by atoms with Crippen LogP contribution in [-0.2, 0) is 22.6 Å². The second-order valence-electron chi connectivity index (χ2n) is 13.3. The second kappa shape index (κ2) is 12.9. The number of aryl methyl sites for hydroxylation is 1. The van der Waals surface area contributed by atoms with Gasteiger partial charge in [-0.3, -0.25) is 24.0 Å². The molecule has 3 aliphatic rings. The molecule has 2 amide bonds. The maximum atomic E-state index is 14.3. The van der Waals surface area contributed by atoms with Gasteiger partial charge in [-0.15, -0.1) is 0 Å². The number of likely N-dealkylation sites (tertiary alicyclic amines) is 1. The first kappa shape index (κ1) is 32.2. The van der Waals surface area contributed by atoms with Crippen LogP contribution in [0.25, 0.3) is 22.2 Å². The molecule has 12 nitrogen and oxygen atoms in total. The fourth-order valence-electron chi connectivity index (χ4n) is 7.31. The summed E-state index contributed by atoms with van der Waals surface area (Å²) < 4.78 is 2.16. The molecule has 6 heterocycles. The molecule has 2 fully saturated rings. The Balaban J connectivity index is 1.20. The molecule has 1 spiro atoms. The molecule has 4 aromatic heterocycles. The van der Waals surface area contributed by atoms with Crippen LogP contribution in [0.4, 0.5) is 5.82 Å². The van der Waals surface area contributed by atoms with E-state index in [1.54, 1.807) is 36.5 Å². The van der Waals surface area contributed by atoms with Crippen molar-refractivity contribution in [3.63, 3.8) is 0 Å². The normalized spacial score (nSPS) is 23.8. The Morgan fingerprint density at radius 2 is 1.90 bits per heavy atom.